The Balaban J connectivity index is 1.69. The summed E-state index contributed by atoms with van der Waals surface area (Å²) in [4.78, 5) is 0. The molecule has 2 heterocycles. The molecular formula is C9H18N2O. The maximum Gasteiger partial charge on any atom is 0.0716 e. The lowest BCUT2D eigenvalue weighted by Gasteiger charge is -2.29. The zero-order valence-electron chi connectivity index (χ0n) is 7.59. The van der Waals surface area contributed by atoms with Crippen molar-refractivity contribution in [2.24, 2.45) is 0 Å². The van der Waals surface area contributed by atoms with Crippen molar-refractivity contribution in [3.63, 3.8) is 0 Å². The molecule has 0 spiro atoms. The summed E-state index contributed by atoms with van der Waals surface area (Å²) in [5, 5.41) is 2.32. The molecular weight excluding hydrogens is 152 g/mol. The van der Waals surface area contributed by atoms with Gasteiger partial charge in [0, 0.05) is 26.2 Å². The van der Waals surface area contributed by atoms with E-state index in [4.69, 9.17) is 4.74 Å². The summed E-state index contributed by atoms with van der Waals surface area (Å²) in [5.41, 5.74) is 3.40. The molecule has 0 aromatic heterocycles. The Bertz CT molecular complexity index is 128. The summed E-state index contributed by atoms with van der Waals surface area (Å²) in [7, 11) is 0. The van der Waals surface area contributed by atoms with Crippen molar-refractivity contribution in [2.75, 3.05) is 26.2 Å². The van der Waals surface area contributed by atoms with Crippen LogP contribution in [0.3, 0.4) is 0 Å². The van der Waals surface area contributed by atoms with E-state index in [9.17, 15) is 0 Å². The molecule has 2 aliphatic heterocycles. The number of hydrazine groups is 1. The fourth-order valence-electron chi connectivity index (χ4n) is 1.93. The quantitative estimate of drug-likeness (QED) is 0.662. The zero-order valence-corrected chi connectivity index (χ0v) is 7.59. The molecule has 12 heavy (non-hydrogen) atoms. The van der Waals surface area contributed by atoms with Crippen LogP contribution in [0.25, 0.3) is 0 Å². The third-order valence-electron chi connectivity index (χ3n) is 2.64. The molecule has 3 heteroatoms. The SMILES string of the molecule is C1CCN(CC2CCCO2)NC1. The summed E-state index contributed by atoms with van der Waals surface area (Å²) >= 11 is 0. The van der Waals surface area contributed by atoms with Crippen LogP contribution in [-0.2, 0) is 4.74 Å². The summed E-state index contributed by atoms with van der Waals surface area (Å²) in [6, 6.07) is 0. The standard InChI is InChI=1S/C9H18N2O/c1-2-6-11(10-5-1)8-9-4-3-7-12-9/h9-10H,1-8H2. The molecule has 1 N–H and O–H groups in total. The van der Waals surface area contributed by atoms with Gasteiger partial charge in [-0.2, -0.15) is 0 Å². The van der Waals surface area contributed by atoms with Crippen molar-refractivity contribution < 1.29 is 4.74 Å². The number of ether oxygens (including phenoxy) is 1. The molecule has 2 saturated heterocycles. The van der Waals surface area contributed by atoms with Gasteiger partial charge >= 0.3 is 0 Å². The summed E-state index contributed by atoms with van der Waals surface area (Å²) < 4.78 is 5.57. The number of hydrogen-bond donors (Lipinski definition) is 1. The molecule has 0 saturated carbocycles. The largest absolute Gasteiger partial charge is 0.377 e. The predicted octanol–water partition coefficient (Wildman–Crippen LogP) is 0.766. The Morgan fingerprint density at radius 2 is 2.33 bits per heavy atom. The van der Waals surface area contributed by atoms with Gasteiger partial charge < -0.3 is 4.74 Å². The Morgan fingerprint density at radius 3 is 3.00 bits per heavy atom. The number of rotatable bonds is 2. The van der Waals surface area contributed by atoms with Crippen LogP contribution in [0.2, 0.25) is 0 Å². The first-order chi connectivity index (χ1) is 5.95. The molecule has 2 fully saturated rings. The van der Waals surface area contributed by atoms with E-state index >= 15 is 0 Å². The second-order valence-electron chi connectivity index (χ2n) is 3.70. The second-order valence-corrected chi connectivity index (χ2v) is 3.70. The lowest BCUT2D eigenvalue weighted by Crippen LogP contribution is -2.46. The first kappa shape index (κ1) is 8.48. The molecule has 0 aromatic carbocycles. The van der Waals surface area contributed by atoms with Gasteiger partial charge in [0.2, 0.25) is 0 Å². The van der Waals surface area contributed by atoms with Crippen LogP contribution in [0.5, 0.6) is 0 Å². The van der Waals surface area contributed by atoms with E-state index in [1.54, 1.807) is 0 Å². The van der Waals surface area contributed by atoms with Crippen LogP contribution in [0.4, 0.5) is 0 Å². The Labute approximate surface area is 74.0 Å². The van der Waals surface area contributed by atoms with Gasteiger partial charge in [0.1, 0.15) is 0 Å². The van der Waals surface area contributed by atoms with Gasteiger partial charge in [-0.3, -0.25) is 5.43 Å². The van der Waals surface area contributed by atoms with Gasteiger partial charge in [0.25, 0.3) is 0 Å². The smallest absolute Gasteiger partial charge is 0.0716 e. The summed E-state index contributed by atoms with van der Waals surface area (Å²) in [5.74, 6) is 0. The molecule has 0 aromatic rings. The number of nitrogens with zero attached hydrogens (tertiary/aromatic N) is 1. The Morgan fingerprint density at radius 1 is 1.33 bits per heavy atom. The molecule has 2 rings (SSSR count). The normalized spacial score (nSPS) is 32.5. The van der Waals surface area contributed by atoms with Gasteiger partial charge in [-0.1, -0.05) is 0 Å². The lowest BCUT2D eigenvalue weighted by molar-refractivity contribution is 0.0437. The molecule has 2 aliphatic rings. The van der Waals surface area contributed by atoms with E-state index in [0.717, 1.165) is 19.7 Å². The van der Waals surface area contributed by atoms with Gasteiger partial charge in [0.15, 0.2) is 0 Å². The molecule has 1 unspecified atom stereocenters. The highest BCUT2D eigenvalue weighted by Crippen LogP contribution is 2.13. The summed E-state index contributed by atoms with van der Waals surface area (Å²) in [6.07, 6.45) is 5.65. The minimum absolute atomic E-state index is 0.496. The number of nitrogens with one attached hydrogen (secondary N) is 1. The van der Waals surface area contributed by atoms with Crippen LogP contribution in [0, 0.1) is 0 Å². The molecule has 0 aliphatic carbocycles. The molecule has 1 atom stereocenters. The molecule has 0 amide bonds. The minimum Gasteiger partial charge on any atom is -0.377 e. The summed E-state index contributed by atoms with van der Waals surface area (Å²) in [6.45, 7) is 4.39. The van der Waals surface area contributed by atoms with Crippen LogP contribution < -0.4 is 5.43 Å². The van der Waals surface area contributed by atoms with Gasteiger partial charge in [-0.05, 0) is 25.7 Å². The van der Waals surface area contributed by atoms with Crippen LogP contribution in [0.1, 0.15) is 25.7 Å². The topological polar surface area (TPSA) is 24.5 Å². The Kier molecular flexibility index (Phi) is 2.98. The molecule has 0 radical (unpaired) electrons. The highest BCUT2D eigenvalue weighted by molar-refractivity contribution is 4.70. The zero-order chi connectivity index (χ0) is 8.23. The van der Waals surface area contributed by atoms with Crippen molar-refractivity contribution >= 4 is 0 Å². The van der Waals surface area contributed by atoms with E-state index in [0.29, 0.717) is 6.10 Å². The van der Waals surface area contributed by atoms with E-state index in [1.165, 1.54) is 32.2 Å². The maximum atomic E-state index is 5.57. The fraction of sp³-hybridized carbons (Fsp3) is 1.00. The van der Waals surface area contributed by atoms with Crippen molar-refractivity contribution in [3.05, 3.63) is 0 Å². The van der Waals surface area contributed by atoms with Crippen molar-refractivity contribution in [1.29, 1.82) is 0 Å². The van der Waals surface area contributed by atoms with E-state index in [2.05, 4.69) is 10.4 Å². The van der Waals surface area contributed by atoms with Crippen LogP contribution >= 0.6 is 0 Å². The minimum atomic E-state index is 0.496. The van der Waals surface area contributed by atoms with E-state index in [1.807, 2.05) is 0 Å². The molecule has 0 bridgehead atoms. The third kappa shape index (κ3) is 2.19. The van der Waals surface area contributed by atoms with Crippen LogP contribution in [-0.4, -0.2) is 37.4 Å². The Hall–Kier alpha value is -0.120. The van der Waals surface area contributed by atoms with Crippen LogP contribution in [0.15, 0.2) is 0 Å². The monoisotopic (exact) mass is 170 g/mol. The fourth-order valence-corrected chi connectivity index (χ4v) is 1.93. The highest BCUT2D eigenvalue weighted by atomic mass is 16.5. The maximum absolute atomic E-state index is 5.57. The average molecular weight is 170 g/mol. The third-order valence-corrected chi connectivity index (χ3v) is 2.64. The highest BCUT2D eigenvalue weighted by Gasteiger charge is 2.19. The predicted molar refractivity (Wildman–Crippen MR) is 47.8 cm³/mol. The first-order valence-electron chi connectivity index (χ1n) is 5.05. The van der Waals surface area contributed by atoms with Crippen molar-refractivity contribution in [3.8, 4) is 0 Å². The molecule has 70 valence electrons. The molecule has 3 nitrogen and oxygen atoms in total. The van der Waals surface area contributed by atoms with E-state index < -0.39 is 0 Å². The van der Waals surface area contributed by atoms with Crippen molar-refractivity contribution in [2.45, 2.75) is 31.8 Å². The average Bonchev–Trinajstić information content (AvgIpc) is 2.59. The van der Waals surface area contributed by atoms with Crippen molar-refractivity contribution in [1.82, 2.24) is 10.4 Å². The lowest BCUT2D eigenvalue weighted by atomic mass is 10.2. The number of hydrogen-bond acceptors (Lipinski definition) is 3. The van der Waals surface area contributed by atoms with E-state index in [-0.39, 0.29) is 0 Å². The van der Waals surface area contributed by atoms with Gasteiger partial charge in [-0.25, -0.2) is 5.01 Å². The first-order valence-corrected chi connectivity index (χ1v) is 5.05. The van der Waals surface area contributed by atoms with Gasteiger partial charge in [0.05, 0.1) is 6.10 Å². The second kappa shape index (κ2) is 4.21. The van der Waals surface area contributed by atoms with Gasteiger partial charge in [-0.15, -0.1) is 0 Å².